The first-order valence-corrected chi connectivity index (χ1v) is 10.4. The topological polar surface area (TPSA) is 78.8 Å². The highest BCUT2D eigenvalue weighted by atomic mass is 35.5. The first-order valence-electron chi connectivity index (χ1n) is 8.24. The van der Waals surface area contributed by atoms with Crippen LogP contribution in [0.1, 0.15) is 18.4 Å². The molecule has 0 aliphatic carbocycles. The molecule has 1 saturated heterocycles. The summed E-state index contributed by atoms with van der Waals surface area (Å²) in [7, 11) is -3.78. The number of hydrazone groups is 1. The second-order valence-corrected chi connectivity index (χ2v) is 8.78. The number of sulfonamides is 1. The number of amides is 1. The summed E-state index contributed by atoms with van der Waals surface area (Å²) in [4.78, 5) is 12.6. The van der Waals surface area contributed by atoms with Gasteiger partial charge in [-0.2, -0.15) is 9.41 Å². The van der Waals surface area contributed by atoms with Crippen molar-refractivity contribution in [3.8, 4) is 0 Å². The Morgan fingerprint density at radius 2 is 1.67 bits per heavy atom. The zero-order chi connectivity index (χ0) is 19.4. The van der Waals surface area contributed by atoms with Gasteiger partial charge in [0, 0.05) is 16.6 Å². The van der Waals surface area contributed by atoms with Gasteiger partial charge in [-0.05, 0) is 54.8 Å². The van der Waals surface area contributed by atoms with Gasteiger partial charge in [0.05, 0.1) is 11.1 Å². The molecular weight excluding hydrogens is 409 g/mol. The average molecular weight is 426 g/mol. The highest BCUT2D eigenvalue weighted by Gasteiger charge is 2.39. The van der Waals surface area contributed by atoms with Crippen LogP contribution in [0.5, 0.6) is 0 Å². The molecule has 2 aromatic carbocycles. The van der Waals surface area contributed by atoms with Gasteiger partial charge in [-0.25, -0.2) is 13.8 Å². The monoisotopic (exact) mass is 425 g/mol. The van der Waals surface area contributed by atoms with Crippen LogP contribution in [-0.2, 0) is 14.8 Å². The molecule has 0 saturated carbocycles. The van der Waals surface area contributed by atoms with Crippen LogP contribution in [0.25, 0.3) is 0 Å². The standard InChI is InChI=1S/C18H17Cl2N3O3S/c19-14-5-3-13(4-6-14)12-21-22-18(24)17-2-1-11-23(17)27(25,26)16-9-7-15(20)8-10-16/h3-10,12,17H,1-2,11H2,(H,22,24)/b21-12-/t17-/m1/s1. The summed E-state index contributed by atoms with van der Waals surface area (Å²) in [5.41, 5.74) is 3.18. The average Bonchev–Trinajstić information content (AvgIpc) is 3.14. The van der Waals surface area contributed by atoms with Crippen LogP contribution in [0.2, 0.25) is 10.0 Å². The minimum Gasteiger partial charge on any atom is -0.271 e. The molecule has 1 amide bonds. The van der Waals surface area contributed by atoms with Gasteiger partial charge in [0.25, 0.3) is 5.91 Å². The fraction of sp³-hybridized carbons (Fsp3) is 0.222. The quantitative estimate of drug-likeness (QED) is 0.589. The highest BCUT2D eigenvalue weighted by Crippen LogP contribution is 2.27. The fourth-order valence-corrected chi connectivity index (χ4v) is 4.73. The zero-order valence-electron chi connectivity index (χ0n) is 14.2. The number of halogens is 2. The Morgan fingerprint density at radius 3 is 2.30 bits per heavy atom. The van der Waals surface area contributed by atoms with Crippen molar-refractivity contribution in [2.45, 2.75) is 23.8 Å². The van der Waals surface area contributed by atoms with Gasteiger partial charge in [0.2, 0.25) is 10.0 Å². The molecule has 6 nitrogen and oxygen atoms in total. The van der Waals surface area contributed by atoms with Crippen LogP contribution in [0.3, 0.4) is 0 Å². The van der Waals surface area contributed by atoms with E-state index in [9.17, 15) is 13.2 Å². The minimum absolute atomic E-state index is 0.108. The van der Waals surface area contributed by atoms with Crippen molar-refractivity contribution >= 4 is 45.3 Å². The van der Waals surface area contributed by atoms with E-state index < -0.39 is 22.0 Å². The molecule has 1 heterocycles. The van der Waals surface area contributed by atoms with Gasteiger partial charge in [-0.3, -0.25) is 4.79 Å². The van der Waals surface area contributed by atoms with Crippen molar-refractivity contribution in [2.24, 2.45) is 5.10 Å². The smallest absolute Gasteiger partial charge is 0.258 e. The van der Waals surface area contributed by atoms with Gasteiger partial charge < -0.3 is 0 Å². The van der Waals surface area contributed by atoms with E-state index in [2.05, 4.69) is 10.5 Å². The first-order chi connectivity index (χ1) is 12.9. The largest absolute Gasteiger partial charge is 0.271 e. The predicted molar refractivity (Wildman–Crippen MR) is 106 cm³/mol. The maximum atomic E-state index is 12.8. The van der Waals surface area contributed by atoms with E-state index in [1.807, 2.05) is 0 Å². The number of hydrogen-bond donors (Lipinski definition) is 1. The van der Waals surface area contributed by atoms with Gasteiger partial charge in [0.15, 0.2) is 0 Å². The third-order valence-corrected chi connectivity index (χ3v) is 6.61. The summed E-state index contributed by atoms with van der Waals surface area (Å²) >= 11 is 11.6. The lowest BCUT2D eigenvalue weighted by Crippen LogP contribution is -2.44. The van der Waals surface area contributed by atoms with Crippen LogP contribution in [-0.4, -0.2) is 37.4 Å². The Kier molecular flexibility index (Phi) is 6.16. The lowest BCUT2D eigenvalue weighted by atomic mass is 10.2. The van der Waals surface area contributed by atoms with Crippen molar-refractivity contribution in [3.05, 3.63) is 64.1 Å². The van der Waals surface area contributed by atoms with E-state index in [0.717, 1.165) is 5.56 Å². The lowest BCUT2D eigenvalue weighted by Gasteiger charge is -2.22. The Labute approximate surface area is 167 Å². The molecule has 0 unspecified atom stereocenters. The maximum Gasteiger partial charge on any atom is 0.258 e. The van der Waals surface area contributed by atoms with E-state index in [4.69, 9.17) is 23.2 Å². The summed E-state index contributed by atoms with van der Waals surface area (Å²) in [6, 6.07) is 12.0. The van der Waals surface area contributed by atoms with Crippen molar-refractivity contribution < 1.29 is 13.2 Å². The van der Waals surface area contributed by atoms with E-state index in [0.29, 0.717) is 22.9 Å². The molecule has 0 spiro atoms. The number of nitrogens with zero attached hydrogens (tertiary/aromatic N) is 2. The number of hydrogen-bond acceptors (Lipinski definition) is 4. The van der Waals surface area contributed by atoms with Crippen LogP contribution >= 0.6 is 23.2 Å². The second kappa shape index (κ2) is 8.39. The zero-order valence-corrected chi connectivity index (χ0v) is 16.5. The Hall–Kier alpha value is -1.93. The summed E-state index contributed by atoms with van der Waals surface area (Å²) in [5.74, 6) is -0.463. The minimum atomic E-state index is -3.78. The summed E-state index contributed by atoms with van der Waals surface area (Å²) in [6.07, 6.45) is 2.52. The molecule has 1 N–H and O–H groups in total. The number of carbonyl (C=O) groups excluding carboxylic acids is 1. The number of benzene rings is 2. The molecule has 1 aliphatic rings. The Morgan fingerprint density at radius 1 is 1.07 bits per heavy atom. The fourth-order valence-electron chi connectivity index (χ4n) is 2.83. The molecule has 9 heteroatoms. The number of carbonyl (C=O) groups is 1. The van der Waals surface area contributed by atoms with Crippen molar-refractivity contribution in [2.75, 3.05) is 6.54 Å². The van der Waals surface area contributed by atoms with E-state index in [-0.39, 0.29) is 11.4 Å². The van der Waals surface area contributed by atoms with Gasteiger partial charge >= 0.3 is 0 Å². The molecule has 0 bridgehead atoms. The molecule has 3 rings (SSSR count). The molecule has 1 aliphatic heterocycles. The van der Waals surface area contributed by atoms with Gasteiger partial charge in [-0.1, -0.05) is 35.3 Å². The van der Waals surface area contributed by atoms with Crippen LogP contribution in [0, 0.1) is 0 Å². The van der Waals surface area contributed by atoms with Crippen molar-refractivity contribution in [1.82, 2.24) is 9.73 Å². The predicted octanol–water partition coefficient (Wildman–Crippen LogP) is 3.30. The van der Waals surface area contributed by atoms with Gasteiger partial charge in [-0.15, -0.1) is 0 Å². The highest BCUT2D eigenvalue weighted by molar-refractivity contribution is 7.89. The molecule has 0 radical (unpaired) electrons. The lowest BCUT2D eigenvalue weighted by molar-refractivity contribution is -0.124. The molecular formula is C18H17Cl2N3O3S. The Bertz CT molecular complexity index is 945. The SMILES string of the molecule is O=C(N/N=C\c1ccc(Cl)cc1)[C@H]1CCCN1S(=O)(=O)c1ccc(Cl)cc1. The van der Waals surface area contributed by atoms with Gasteiger partial charge in [0.1, 0.15) is 6.04 Å². The number of rotatable bonds is 5. The molecule has 142 valence electrons. The van der Waals surface area contributed by atoms with Crippen LogP contribution in [0.4, 0.5) is 0 Å². The summed E-state index contributed by atoms with van der Waals surface area (Å²) < 4.78 is 26.9. The molecule has 1 fully saturated rings. The van der Waals surface area contributed by atoms with Crippen LogP contribution < -0.4 is 5.43 Å². The molecule has 27 heavy (non-hydrogen) atoms. The van der Waals surface area contributed by atoms with E-state index in [1.54, 1.807) is 24.3 Å². The third-order valence-electron chi connectivity index (χ3n) is 4.18. The van der Waals surface area contributed by atoms with Crippen molar-refractivity contribution in [3.63, 3.8) is 0 Å². The summed E-state index contributed by atoms with van der Waals surface area (Å²) in [6.45, 7) is 0.282. The maximum absolute atomic E-state index is 12.8. The first kappa shape index (κ1) is 19.8. The number of nitrogens with one attached hydrogen (secondary N) is 1. The normalized spacial score (nSPS) is 18.1. The molecule has 0 aromatic heterocycles. The van der Waals surface area contributed by atoms with Crippen LogP contribution in [0.15, 0.2) is 58.5 Å². The Balaban J connectivity index is 1.70. The van der Waals surface area contributed by atoms with Crippen molar-refractivity contribution in [1.29, 1.82) is 0 Å². The third kappa shape index (κ3) is 4.68. The molecule has 2 aromatic rings. The molecule has 1 atom stereocenters. The van der Waals surface area contributed by atoms with E-state index in [1.165, 1.54) is 34.8 Å². The van der Waals surface area contributed by atoms with E-state index >= 15 is 0 Å². The second-order valence-electron chi connectivity index (χ2n) is 6.01. The summed E-state index contributed by atoms with van der Waals surface area (Å²) in [5, 5.41) is 4.96.